The van der Waals surface area contributed by atoms with Crippen LogP contribution >= 0.6 is 23.2 Å². The van der Waals surface area contributed by atoms with Gasteiger partial charge in [-0.15, -0.1) is 13.1 Å². The third-order valence-electron chi connectivity index (χ3n) is 9.68. The zero-order chi connectivity index (χ0) is 36.8. The van der Waals surface area contributed by atoms with Gasteiger partial charge in [-0.2, -0.15) is 12.8 Å². The van der Waals surface area contributed by atoms with Gasteiger partial charge in [0, 0.05) is 42.4 Å². The number of rotatable bonds is 10. The molecule has 0 bridgehead atoms. The van der Waals surface area contributed by atoms with Crippen molar-refractivity contribution >= 4 is 52.2 Å². The summed E-state index contributed by atoms with van der Waals surface area (Å²) >= 11 is 14.1. The number of benzene rings is 2. The molecule has 17 heteroatoms. The maximum absolute atomic E-state index is 13.9. The van der Waals surface area contributed by atoms with E-state index in [9.17, 15) is 23.2 Å². The van der Waals surface area contributed by atoms with E-state index in [4.69, 9.17) is 32.9 Å². The molecule has 53 heavy (non-hydrogen) atoms. The number of hydrogen-bond donors (Lipinski definition) is 2. The quantitative estimate of drug-likeness (QED) is 0.104. The summed E-state index contributed by atoms with van der Waals surface area (Å²) in [4.78, 5) is 51.5. The van der Waals surface area contributed by atoms with Gasteiger partial charge in [-0.1, -0.05) is 53.5 Å². The van der Waals surface area contributed by atoms with Crippen LogP contribution < -0.4 is 26.6 Å². The number of anilines is 2. The summed E-state index contributed by atoms with van der Waals surface area (Å²) in [6, 6.07) is 12.7. The predicted molar refractivity (Wildman–Crippen MR) is 194 cm³/mol. The van der Waals surface area contributed by atoms with Gasteiger partial charge in [-0.25, -0.2) is 28.5 Å². The molecule has 1 aliphatic carbocycles. The Morgan fingerprint density at radius 2 is 1.75 bits per heavy atom. The van der Waals surface area contributed by atoms with Crippen LogP contribution in [0.3, 0.4) is 0 Å². The third kappa shape index (κ3) is 6.92. The fraction of sp³-hybridized carbons (Fsp3) is 0.306. The Bertz CT molecular complexity index is 2360. The molecule has 7 rings (SSSR count). The van der Waals surface area contributed by atoms with Crippen molar-refractivity contribution < 1.29 is 35.4 Å². The number of alkyl halides is 2. The molecule has 2 aliphatic rings. The molecule has 2 N–H and O–H groups in total. The molecular weight excluding hydrogens is 772 g/mol. The first kappa shape index (κ1) is 38.3. The Hall–Kier alpha value is -4.40. The van der Waals surface area contributed by atoms with E-state index < -0.39 is 23.5 Å². The summed E-state index contributed by atoms with van der Waals surface area (Å²) in [6.45, 7) is 2.18. The Labute approximate surface area is 323 Å². The van der Waals surface area contributed by atoms with Crippen molar-refractivity contribution in [1.82, 2.24) is 34.3 Å². The minimum Gasteiger partial charge on any atom is -0.554 e. The first-order chi connectivity index (χ1) is 25.0. The average molecular weight is 805 g/mol. The summed E-state index contributed by atoms with van der Waals surface area (Å²) < 4.78 is 35.5. The first-order valence-electron chi connectivity index (χ1n) is 16.4. The second-order valence-electron chi connectivity index (χ2n) is 12.7. The number of likely N-dealkylation sites (tertiary alicyclic amines) is 1. The topological polar surface area (TPSA) is 136 Å². The second-order valence-corrected chi connectivity index (χ2v) is 13.4. The number of hydrogen-bond acceptors (Lipinski definition) is 9. The molecule has 5 aromatic rings. The van der Waals surface area contributed by atoms with E-state index in [1.54, 1.807) is 37.8 Å². The maximum Gasteiger partial charge on any atom is 2.00 e. The molecule has 1 amide bonds. The molecule has 0 spiro atoms. The van der Waals surface area contributed by atoms with E-state index in [2.05, 4.69) is 25.5 Å². The van der Waals surface area contributed by atoms with Crippen LogP contribution in [0.5, 0.6) is 5.88 Å². The van der Waals surface area contributed by atoms with Gasteiger partial charge in [0.1, 0.15) is 11.2 Å². The Kier molecular flexibility index (Phi) is 11.2. The van der Waals surface area contributed by atoms with Crippen molar-refractivity contribution in [1.29, 1.82) is 0 Å². The van der Waals surface area contributed by atoms with Crippen LogP contribution in [0.25, 0.3) is 33.4 Å². The zero-order valence-electron chi connectivity index (χ0n) is 28.6. The largest absolute Gasteiger partial charge is 2.00 e. The van der Waals surface area contributed by atoms with Crippen molar-refractivity contribution in [3.05, 3.63) is 96.2 Å². The number of ether oxygens (including phenoxy) is 1. The predicted octanol–water partition coefficient (Wildman–Crippen LogP) is 5.67. The maximum atomic E-state index is 13.9. The molecule has 0 saturated carbocycles. The van der Waals surface area contributed by atoms with Gasteiger partial charge in [-0.3, -0.25) is 19.8 Å². The number of carbonyl (C=O) groups excluding carboxylic acids is 1. The van der Waals surface area contributed by atoms with Crippen LogP contribution in [0, 0.1) is 5.92 Å². The third-order valence-corrected chi connectivity index (χ3v) is 10.5. The van der Waals surface area contributed by atoms with E-state index in [1.165, 1.54) is 20.0 Å². The molecule has 3 aromatic heterocycles. The molecule has 2 aromatic carbocycles. The Morgan fingerprint density at radius 1 is 1.04 bits per heavy atom. The molecule has 1 fully saturated rings. The van der Waals surface area contributed by atoms with Crippen molar-refractivity contribution in [3.8, 4) is 28.3 Å². The number of methoxy groups -OCH3 is 1. The van der Waals surface area contributed by atoms with Gasteiger partial charge in [0.05, 0.1) is 28.5 Å². The normalized spacial score (nSPS) is 15.8. The number of nitrogens with one attached hydrogen (secondary N) is 2. The minimum absolute atomic E-state index is 0. The minimum atomic E-state index is -3.08. The molecule has 1 aliphatic heterocycles. The van der Waals surface area contributed by atoms with Gasteiger partial charge in [0.2, 0.25) is 5.88 Å². The fourth-order valence-electron chi connectivity index (χ4n) is 7.12. The summed E-state index contributed by atoms with van der Waals surface area (Å²) in [5.74, 6) is 0.681. The van der Waals surface area contributed by atoms with Gasteiger partial charge in [0.15, 0.2) is 11.5 Å². The molecule has 4 heterocycles. The monoisotopic (exact) mass is 803 g/mol. The Balaban J connectivity index is 0.00000481. The van der Waals surface area contributed by atoms with Crippen LogP contribution in [-0.4, -0.2) is 62.1 Å². The van der Waals surface area contributed by atoms with E-state index >= 15 is 0 Å². The van der Waals surface area contributed by atoms with Gasteiger partial charge < -0.3 is 25.1 Å². The fourth-order valence-corrected chi connectivity index (χ4v) is 7.72. The van der Waals surface area contributed by atoms with Crippen molar-refractivity contribution in [2.45, 2.75) is 31.7 Å². The number of aryl methyl sites for hydroxylation is 2. The zero-order valence-corrected chi connectivity index (χ0v) is 31.3. The van der Waals surface area contributed by atoms with Crippen LogP contribution in [0.15, 0.2) is 52.1 Å². The van der Waals surface area contributed by atoms with E-state index in [1.807, 2.05) is 18.2 Å². The summed E-state index contributed by atoms with van der Waals surface area (Å²) in [7, 11) is 4.21. The number of pyridine rings is 1. The molecule has 1 atom stereocenters. The number of aromatic nitrogens is 5. The number of halogens is 4. The summed E-state index contributed by atoms with van der Waals surface area (Å²) in [5.41, 5.74) is 3.06. The molecule has 1 saturated heterocycles. The van der Waals surface area contributed by atoms with Crippen LogP contribution in [0.1, 0.15) is 42.3 Å². The van der Waals surface area contributed by atoms with Gasteiger partial charge >= 0.3 is 22.8 Å². The van der Waals surface area contributed by atoms with Gasteiger partial charge in [0.25, 0.3) is 12.0 Å². The molecular formula is C36H32Cl2F2MnN8O4. The smallest absolute Gasteiger partial charge is 0.554 e. The summed E-state index contributed by atoms with van der Waals surface area (Å²) in [6.07, 6.45) is 1.31. The average Bonchev–Trinajstić information content (AvgIpc) is 3.80. The molecule has 0 unspecified atom stereocenters. The van der Waals surface area contributed by atoms with E-state index in [-0.39, 0.29) is 50.7 Å². The van der Waals surface area contributed by atoms with Crippen molar-refractivity contribution in [2.24, 2.45) is 14.1 Å². The molecule has 275 valence electrons. The van der Waals surface area contributed by atoms with Crippen molar-refractivity contribution in [3.63, 3.8) is 0 Å². The summed E-state index contributed by atoms with van der Waals surface area (Å²) in [5, 5.41) is 5.98. The van der Waals surface area contributed by atoms with Crippen LogP contribution in [0.4, 0.5) is 20.3 Å². The van der Waals surface area contributed by atoms with Crippen molar-refractivity contribution in [2.75, 3.05) is 32.1 Å². The number of nitrogens with zero attached hydrogens (tertiary/aromatic N) is 6. The van der Waals surface area contributed by atoms with Crippen LogP contribution in [0.2, 0.25) is 10.0 Å². The number of fused-ring (bicyclic) bond motifs is 2. The first-order valence-corrected chi connectivity index (χ1v) is 17.1. The standard InChI is InChI=1S/C36H32Cl2F2N8O4.Mn/c1-46-33-27(35(50)47(2)36(46)51)31(44-32(45-33)30(39)40)42-23-9-5-7-21(29(23)38)20-6-4-8-22(28(20)37)24-14-19-10-11-25(26(19)34(43-24)52-3)48-13-12-18(16-48)15-41-17-49;/h4-9,14,25,30H,10-13,15-16H2,1-3H3,(H,41,49)(H,42,44,45);/q-2;+2/t25-;/m1./s1. The van der Waals surface area contributed by atoms with E-state index in [0.717, 1.165) is 52.6 Å². The van der Waals surface area contributed by atoms with E-state index in [0.29, 0.717) is 39.8 Å². The Morgan fingerprint density at radius 3 is 2.47 bits per heavy atom. The molecule has 12 nitrogen and oxygen atoms in total. The van der Waals surface area contributed by atoms with Crippen LogP contribution in [-0.2, 0) is 42.4 Å². The molecule has 1 radical (unpaired) electrons. The SMILES string of the molecule is COc1nc(-c2cccc(-c3cccc(Nc4nc(C(F)F)nc5c4c(=O)n(C)c(=O)n5C)c3Cl)c2Cl)cc2c1[C@H](N1CC[C-](CN[C-]=O)C1)CC2.[Mn+2]. The van der Waals surface area contributed by atoms with Gasteiger partial charge in [-0.05, 0) is 37.1 Å². The second kappa shape index (κ2) is 15.5. The number of amides is 1.